The quantitative estimate of drug-likeness (QED) is 0.726. The molecule has 1 rings (SSSR count). The molecule has 0 bridgehead atoms. The number of nitriles is 1. The Labute approximate surface area is 122 Å². The predicted octanol–water partition coefficient (Wildman–Crippen LogP) is 3.42. The van der Waals surface area contributed by atoms with Gasteiger partial charge in [0.25, 0.3) is 0 Å². The number of hydrogen-bond donors (Lipinski definition) is 1. The summed E-state index contributed by atoms with van der Waals surface area (Å²) in [4.78, 5) is 4.22. The molecule has 1 N–H and O–H groups in total. The van der Waals surface area contributed by atoms with Crippen molar-refractivity contribution in [2.75, 3.05) is 13.1 Å². The molecule has 1 unspecified atom stereocenters. The van der Waals surface area contributed by atoms with Crippen LogP contribution in [0.1, 0.15) is 46.0 Å². The van der Waals surface area contributed by atoms with E-state index in [0.717, 1.165) is 31.8 Å². The van der Waals surface area contributed by atoms with Crippen LogP contribution >= 0.6 is 0 Å². The topological polar surface area (TPSA) is 48.2 Å². The molecule has 0 aliphatic carbocycles. The van der Waals surface area contributed by atoms with Crippen molar-refractivity contribution in [2.45, 2.75) is 57.7 Å². The van der Waals surface area contributed by atoms with Crippen LogP contribution < -0.4 is 5.32 Å². The molecule has 4 heteroatoms. The first-order valence-corrected chi connectivity index (χ1v) is 7.47. The second kappa shape index (κ2) is 8.16. The Morgan fingerprint density at radius 3 is 2.70 bits per heavy atom. The molecule has 1 heterocycles. The molecule has 20 heavy (non-hydrogen) atoms. The monoisotopic (exact) mass is 279 g/mol. The van der Waals surface area contributed by atoms with Gasteiger partial charge in [-0.25, -0.2) is 4.39 Å². The third kappa shape index (κ3) is 5.83. The second-order valence-electron chi connectivity index (χ2n) is 6.03. The van der Waals surface area contributed by atoms with Gasteiger partial charge in [0, 0.05) is 0 Å². The van der Waals surface area contributed by atoms with Crippen molar-refractivity contribution >= 4 is 5.71 Å². The van der Waals surface area contributed by atoms with Crippen LogP contribution in [0.15, 0.2) is 17.6 Å². The zero-order valence-electron chi connectivity index (χ0n) is 12.7. The summed E-state index contributed by atoms with van der Waals surface area (Å²) < 4.78 is 14.2. The van der Waals surface area contributed by atoms with Crippen molar-refractivity contribution in [3.8, 4) is 6.07 Å². The number of hydrogen-bond acceptors (Lipinski definition) is 3. The minimum absolute atomic E-state index is 0.225. The van der Waals surface area contributed by atoms with E-state index in [1.165, 1.54) is 32.8 Å². The molecule has 0 aromatic heterocycles. The molecule has 112 valence electrons. The fraction of sp³-hybridized carbons (Fsp3) is 0.750. The summed E-state index contributed by atoms with van der Waals surface area (Å²) in [5.74, 6) is 0.749. The second-order valence-corrected chi connectivity index (χ2v) is 6.03. The van der Waals surface area contributed by atoms with Crippen LogP contribution in [0.4, 0.5) is 4.39 Å². The average molecular weight is 279 g/mol. The van der Waals surface area contributed by atoms with Gasteiger partial charge in [0.2, 0.25) is 0 Å². The normalized spacial score (nSPS) is 19.4. The van der Waals surface area contributed by atoms with Gasteiger partial charge >= 0.3 is 0 Å². The molecular weight excluding hydrogens is 253 g/mol. The maximum Gasteiger partial charge on any atom is 0.134 e. The van der Waals surface area contributed by atoms with Gasteiger partial charge in [-0.3, -0.25) is 4.99 Å². The van der Waals surface area contributed by atoms with Gasteiger partial charge in [0.15, 0.2) is 0 Å². The average Bonchev–Trinajstić information content (AvgIpc) is 2.42. The van der Waals surface area contributed by atoms with E-state index in [2.05, 4.69) is 16.9 Å². The minimum Gasteiger partial charge on any atom is -0.317 e. The van der Waals surface area contributed by atoms with Crippen molar-refractivity contribution < 1.29 is 4.39 Å². The summed E-state index contributed by atoms with van der Waals surface area (Å²) >= 11 is 0. The number of halogens is 1. The minimum atomic E-state index is -1.40. The van der Waals surface area contributed by atoms with E-state index in [-0.39, 0.29) is 5.71 Å². The predicted molar refractivity (Wildman–Crippen MR) is 81.7 cm³/mol. The number of alkyl halides is 1. The lowest BCUT2D eigenvalue weighted by Crippen LogP contribution is -2.31. The van der Waals surface area contributed by atoms with Crippen LogP contribution in [0.3, 0.4) is 0 Å². The van der Waals surface area contributed by atoms with Crippen LogP contribution in [0.2, 0.25) is 0 Å². The molecule has 0 aromatic carbocycles. The Morgan fingerprint density at radius 2 is 2.20 bits per heavy atom. The number of nitrogens with zero attached hydrogens (tertiary/aromatic N) is 2. The Morgan fingerprint density at radius 1 is 1.55 bits per heavy atom. The van der Waals surface area contributed by atoms with E-state index in [1.807, 2.05) is 6.07 Å². The zero-order valence-corrected chi connectivity index (χ0v) is 12.7. The van der Waals surface area contributed by atoms with Crippen LogP contribution in [0, 0.1) is 17.2 Å². The lowest BCUT2D eigenvalue weighted by molar-refractivity contribution is 0.164. The maximum atomic E-state index is 14.2. The number of nitrogens with one attached hydrogen (secondary N) is 1. The third-order valence-corrected chi connectivity index (χ3v) is 3.94. The molecule has 0 radical (unpaired) electrons. The van der Waals surface area contributed by atoms with Crippen LogP contribution in [-0.2, 0) is 0 Å². The highest BCUT2D eigenvalue weighted by Gasteiger charge is 2.29. The third-order valence-electron chi connectivity index (χ3n) is 3.94. The van der Waals surface area contributed by atoms with Crippen molar-refractivity contribution in [3.63, 3.8) is 0 Å². The smallest absolute Gasteiger partial charge is 0.134 e. The molecule has 0 aromatic rings. The van der Waals surface area contributed by atoms with E-state index in [9.17, 15) is 4.39 Å². The van der Waals surface area contributed by atoms with Gasteiger partial charge in [-0.2, -0.15) is 5.26 Å². The molecule has 1 aliphatic heterocycles. The van der Waals surface area contributed by atoms with E-state index in [4.69, 9.17) is 5.26 Å². The van der Waals surface area contributed by atoms with E-state index < -0.39 is 11.7 Å². The van der Waals surface area contributed by atoms with Crippen molar-refractivity contribution in [1.29, 1.82) is 5.26 Å². The lowest BCUT2D eigenvalue weighted by atomic mass is 9.89. The number of aliphatic imine (C=N–C) groups is 1. The summed E-state index contributed by atoms with van der Waals surface area (Å²) in [6, 6.07) is 1.49. The molecular formula is C16H26FN3. The van der Waals surface area contributed by atoms with Crippen molar-refractivity contribution in [1.82, 2.24) is 5.32 Å². The van der Waals surface area contributed by atoms with Crippen LogP contribution in [-0.4, -0.2) is 30.5 Å². The first kappa shape index (κ1) is 16.8. The molecule has 1 saturated heterocycles. The SMILES string of the molecule is C=CC(C#N)=NC(CCCC1CCNCC1)C(C)(C)F. The zero-order chi connectivity index (χ0) is 15.0. The van der Waals surface area contributed by atoms with Gasteiger partial charge < -0.3 is 5.32 Å². The van der Waals surface area contributed by atoms with E-state index in [0.29, 0.717) is 6.42 Å². The van der Waals surface area contributed by atoms with Crippen molar-refractivity contribution in [2.24, 2.45) is 10.9 Å². The highest BCUT2D eigenvalue weighted by molar-refractivity contribution is 6.06. The Kier molecular flexibility index (Phi) is 6.87. The number of rotatable bonds is 7. The Balaban J connectivity index is 2.51. The molecule has 1 fully saturated rings. The van der Waals surface area contributed by atoms with Gasteiger partial charge in [0.05, 0.1) is 6.04 Å². The van der Waals surface area contributed by atoms with Gasteiger partial charge in [-0.15, -0.1) is 0 Å². The van der Waals surface area contributed by atoms with Gasteiger partial charge in [0.1, 0.15) is 17.4 Å². The number of piperidine rings is 1. The highest BCUT2D eigenvalue weighted by Crippen LogP contribution is 2.26. The van der Waals surface area contributed by atoms with E-state index >= 15 is 0 Å². The summed E-state index contributed by atoms with van der Waals surface area (Å²) in [7, 11) is 0. The molecule has 3 nitrogen and oxygen atoms in total. The largest absolute Gasteiger partial charge is 0.317 e. The fourth-order valence-corrected chi connectivity index (χ4v) is 2.63. The first-order chi connectivity index (χ1) is 9.47. The molecule has 0 amide bonds. The van der Waals surface area contributed by atoms with Gasteiger partial charge in [-0.05, 0) is 58.2 Å². The lowest BCUT2D eigenvalue weighted by Gasteiger charge is -2.26. The molecule has 1 atom stereocenters. The van der Waals surface area contributed by atoms with E-state index in [1.54, 1.807) is 0 Å². The molecule has 0 spiro atoms. The van der Waals surface area contributed by atoms with Gasteiger partial charge in [-0.1, -0.05) is 19.4 Å². The first-order valence-electron chi connectivity index (χ1n) is 7.47. The standard InChI is InChI=1S/C16H26FN3/c1-4-14(12-18)20-15(16(2,3)17)7-5-6-13-8-10-19-11-9-13/h4,13,15,19H,1,5-11H2,2-3H3. The Bertz CT molecular complexity index is 370. The summed E-state index contributed by atoms with van der Waals surface area (Å²) in [5, 5.41) is 12.2. The molecule has 0 saturated carbocycles. The van der Waals surface area contributed by atoms with Crippen LogP contribution in [0.25, 0.3) is 0 Å². The summed E-state index contributed by atoms with van der Waals surface area (Å²) in [6.07, 6.45) is 6.59. The fourth-order valence-electron chi connectivity index (χ4n) is 2.63. The maximum absolute atomic E-state index is 14.2. The summed E-state index contributed by atoms with van der Waals surface area (Å²) in [6.45, 7) is 8.79. The van der Waals surface area contributed by atoms with Crippen LogP contribution in [0.5, 0.6) is 0 Å². The number of allylic oxidation sites excluding steroid dienone is 1. The Hall–Kier alpha value is -1.21. The summed E-state index contributed by atoms with van der Waals surface area (Å²) in [5.41, 5.74) is -1.18. The van der Waals surface area contributed by atoms with Crippen molar-refractivity contribution in [3.05, 3.63) is 12.7 Å². The molecule has 1 aliphatic rings. The highest BCUT2D eigenvalue weighted by atomic mass is 19.1.